The number of aromatic amines is 1. The zero-order valence-electron chi connectivity index (χ0n) is 9.90. The van der Waals surface area contributed by atoms with Crippen molar-refractivity contribution >= 4 is 11.5 Å². The molecule has 1 aromatic heterocycles. The average Bonchev–Trinajstić information content (AvgIpc) is 2.81. The maximum atomic E-state index is 9.02. The molecule has 0 aliphatic heterocycles. The molecule has 18 heavy (non-hydrogen) atoms. The molecular formula is C12H13N5O. The lowest BCUT2D eigenvalue weighted by molar-refractivity contribution is 0.415. The molecule has 0 spiro atoms. The lowest BCUT2D eigenvalue weighted by atomic mass is 10.2. The third-order valence-corrected chi connectivity index (χ3v) is 2.57. The van der Waals surface area contributed by atoms with E-state index in [0.717, 1.165) is 5.56 Å². The fraction of sp³-hybridized carbons (Fsp3) is 0.167. The SMILES string of the molecule is COc1ccc(C#N)c(NCc2cn[nH]c2N)c1. The predicted octanol–water partition coefficient (Wildman–Crippen LogP) is 1.48. The average molecular weight is 243 g/mol. The van der Waals surface area contributed by atoms with E-state index in [1.807, 2.05) is 0 Å². The summed E-state index contributed by atoms with van der Waals surface area (Å²) in [6.45, 7) is 0.490. The van der Waals surface area contributed by atoms with Crippen molar-refractivity contribution in [2.45, 2.75) is 6.54 Å². The van der Waals surface area contributed by atoms with Crippen LogP contribution >= 0.6 is 0 Å². The van der Waals surface area contributed by atoms with Gasteiger partial charge in [-0.1, -0.05) is 0 Å². The molecule has 0 unspecified atom stereocenters. The van der Waals surface area contributed by atoms with Crippen molar-refractivity contribution in [3.05, 3.63) is 35.5 Å². The summed E-state index contributed by atoms with van der Waals surface area (Å²) in [5, 5.41) is 18.6. The van der Waals surface area contributed by atoms with Gasteiger partial charge in [-0.3, -0.25) is 5.10 Å². The number of nitrogens with two attached hydrogens (primary N) is 1. The lowest BCUT2D eigenvalue weighted by Gasteiger charge is -2.09. The molecule has 0 atom stereocenters. The highest BCUT2D eigenvalue weighted by molar-refractivity contribution is 5.61. The first kappa shape index (κ1) is 11.8. The highest BCUT2D eigenvalue weighted by Crippen LogP contribution is 2.22. The smallest absolute Gasteiger partial charge is 0.123 e. The Morgan fingerprint density at radius 1 is 1.56 bits per heavy atom. The standard InChI is InChI=1S/C12H13N5O/c1-18-10-3-2-8(5-13)11(4-10)15-6-9-7-16-17-12(9)14/h2-4,7,15H,6H2,1H3,(H3,14,16,17). The van der Waals surface area contributed by atoms with Crippen LogP contribution in [0.25, 0.3) is 0 Å². The Balaban J connectivity index is 2.18. The van der Waals surface area contributed by atoms with E-state index >= 15 is 0 Å². The van der Waals surface area contributed by atoms with Gasteiger partial charge in [-0.2, -0.15) is 10.4 Å². The summed E-state index contributed by atoms with van der Waals surface area (Å²) in [5.41, 5.74) is 7.79. The third kappa shape index (κ3) is 2.35. The van der Waals surface area contributed by atoms with Crippen LogP contribution in [-0.2, 0) is 6.54 Å². The molecule has 0 bridgehead atoms. The van der Waals surface area contributed by atoms with Crippen LogP contribution in [-0.4, -0.2) is 17.3 Å². The zero-order valence-corrected chi connectivity index (χ0v) is 9.90. The van der Waals surface area contributed by atoms with Crippen molar-refractivity contribution in [3.63, 3.8) is 0 Å². The number of hydrogen-bond acceptors (Lipinski definition) is 5. The number of nitrogen functional groups attached to an aromatic ring is 1. The highest BCUT2D eigenvalue weighted by atomic mass is 16.5. The first-order valence-electron chi connectivity index (χ1n) is 5.34. The lowest BCUT2D eigenvalue weighted by Crippen LogP contribution is -2.03. The second-order valence-corrected chi connectivity index (χ2v) is 3.69. The van der Waals surface area contributed by atoms with E-state index in [0.29, 0.717) is 29.4 Å². The maximum Gasteiger partial charge on any atom is 0.123 e. The minimum Gasteiger partial charge on any atom is -0.497 e. The Kier molecular flexibility index (Phi) is 3.34. The van der Waals surface area contributed by atoms with Crippen molar-refractivity contribution < 1.29 is 4.74 Å². The van der Waals surface area contributed by atoms with E-state index in [-0.39, 0.29) is 0 Å². The number of ether oxygens (including phenoxy) is 1. The van der Waals surface area contributed by atoms with E-state index in [1.54, 1.807) is 31.5 Å². The molecule has 0 amide bonds. The van der Waals surface area contributed by atoms with Gasteiger partial charge in [-0.15, -0.1) is 0 Å². The van der Waals surface area contributed by atoms with E-state index in [9.17, 15) is 0 Å². The topological polar surface area (TPSA) is 99.7 Å². The number of benzene rings is 1. The van der Waals surface area contributed by atoms with Gasteiger partial charge in [0.1, 0.15) is 17.6 Å². The fourth-order valence-corrected chi connectivity index (χ4v) is 1.55. The van der Waals surface area contributed by atoms with Crippen LogP contribution < -0.4 is 15.8 Å². The second kappa shape index (κ2) is 5.10. The van der Waals surface area contributed by atoms with Crippen LogP contribution in [0.1, 0.15) is 11.1 Å². The second-order valence-electron chi connectivity index (χ2n) is 3.69. The van der Waals surface area contributed by atoms with Crippen molar-refractivity contribution in [3.8, 4) is 11.8 Å². The van der Waals surface area contributed by atoms with Crippen LogP contribution in [0.4, 0.5) is 11.5 Å². The molecule has 0 radical (unpaired) electrons. The number of H-pyrrole nitrogens is 1. The highest BCUT2D eigenvalue weighted by Gasteiger charge is 2.06. The molecule has 2 rings (SSSR count). The Morgan fingerprint density at radius 2 is 2.39 bits per heavy atom. The van der Waals surface area contributed by atoms with Gasteiger partial charge < -0.3 is 15.8 Å². The molecule has 0 aliphatic carbocycles. The number of nitrogens with zero attached hydrogens (tertiary/aromatic N) is 2. The van der Waals surface area contributed by atoms with E-state index in [1.165, 1.54) is 0 Å². The van der Waals surface area contributed by atoms with Crippen molar-refractivity contribution in [1.29, 1.82) is 5.26 Å². The first-order valence-corrected chi connectivity index (χ1v) is 5.34. The molecule has 0 saturated heterocycles. The number of rotatable bonds is 4. The van der Waals surface area contributed by atoms with Crippen molar-refractivity contribution in [2.75, 3.05) is 18.2 Å². The monoisotopic (exact) mass is 243 g/mol. The van der Waals surface area contributed by atoms with Gasteiger partial charge in [0.05, 0.1) is 24.6 Å². The number of aromatic nitrogens is 2. The summed E-state index contributed by atoms with van der Waals surface area (Å²) >= 11 is 0. The van der Waals surface area contributed by atoms with Crippen LogP contribution in [0.5, 0.6) is 5.75 Å². The van der Waals surface area contributed by atoms with E-state index < -0.39 is 0 Å². The summed E-state index contributed by atoms with van der Waals surface area (Å²) in [5.74, 6) is 1.21. The Morgan fingerprint density at radius 3 is 3.00 bits per heavy atom. The minimum absolute atomic E-state index is 0.490. The molecule has 1 heterocycles. The number of methoxy groups -OCH3 is 1. The van der Waals surface area contributed by atoms with Gasteiger partial charge in [0.25, 0.3) is 0 Å². The Labute approximate surface area is 104 Å². The summed E-state index contributed by atoms with van der Waals surface area (Å²) in [6, 6.07) is 7.35. The summed E-state index contributed by atoms with van der Waals surface area (Å²) in [7, 11) is 1.58. The number of anilines is 2. The number of nitrogens with one attached hydrogen (secondary N) is 2. The molecule has 6 heteroatoms. The Bertz CT molecular complexity index is 584. The number of nitriles is 1. The quantitative estimate of drug-likeness (QED) is 0.755. The van der Waals surface area contributed by atoms with Gasteiger partial charge in [-0.25, -0.2) is 0 Å². The van der Waals surface area contributed by atoms with Crippen LogP contribution in [0.3, 0.4) is 0 Å². The predicted molar refractivity (Wildman–Crippen MR) is 68.0 cm³/mol. The minimum atomic E-state index is 0.490. The van der Waals surface area contributed by atoms with E-state index in [2.05, 4.69) is 21.6 Å². The van der Waals surface area contributed by atoms with Crippen molar-refractivity contribution in [1.82, 2.24) is 10.2 Å². The molecular weight excluding hydrogens is 230 g/mol. The van der Waals surface area contributed by atoms with Crippen molar-refractivity contribution in [2.24, 2.45) is 0 Å². The fourth-order valence-electron chi connectivity index (χ4n) is 1.55. The van der Waals surface area contributed by atoms with Gasteiger partial charge in [0.2, 0.25) is 0 Å². The van der Waals surface area contributed by atoms with E-state index in [4.69, 9.17) is 15.7 Å². The largest absolute Gasteiger partial charge is 0.497 e. The van der Waals surface area contributed by atoms with Crippen LogP contribution in [0.15, 0.2) is 24.4 Å². The zero-order chi connectivity index (χ0) is 13.0. The summed E-state index contributed by atoms with van der Waals surface area (Å²) in [4.78, 5) is 0. The molecule has 0 fully saturated rings. The van der Waals surface area contributed by atoms with Gasteiger partial charge >= 0.3 is 0 Å². The van der Waals surface area contributed by atoms with Gasteiger partial charge in [0.15, 0.2) is 0 Å². The van der Waals surface area contributed by atoms with Gasteiger partial charge in [-0.05, 0) is 12.1 Å². The molecule has 0 aliphatic rings. The van der Waals surface area contributed by atoms with Gasteiger partial charge in [0, 0.05) is 18.2 Å². The number of hydrogen-bond donors (Lipinski definition) is 3. The molecule has 2 aromatic rings. The Hall–Kier alpha value is -2.68. The summed E-state index contributed by atoms with van der Waals surface area (Å²) < 4.78 is 5.12. The first-order chi connectivity index (χ1) is 8.74. The van der Waals surface area contributed by atoms with Crippen LogP contribution in [0.2, 0.25) is 0 Å². The molecule has 6 nitrogen and oxygen atoms in total. The maximum absolute atomic E-state index is 9.02. The summed E-state index contributed by atoms with van der Waals surface area (Å²) in [6.07, 6.45) is 1.65. The normalized spacial score (nSPS) is 9.78. The van der Waals surface area contributed by atoms with Crippen LogP contribution in [0, 0.1) is 11.3 Å². The third-order valence-electron chi connectivity index (χ3n) is 2.57. The molecule has 4 N–H and O–H groups in total. The molecule has 92 valence electrons. The molecule has 1 aromatic carbocycles. The molecule has 0 saturated carbocycles.